The maximum absolute atomic E-state index is 14.0. The van der Waals surface area contributed by atoms with E-state index in [-0.39, 0.29) is 6.54 Å². The minimum atomic E-state index is -1.04. The second-order valence-electron chi connectivity index (χ2n) is 4.45. The lowest BCUT2D eigenvalue weighted by atomic mass is 9.97. The van der Waals surface area contributed by atoms with Crippen LogP contribution in [0.2, 0.25) is 0 Å². The number of aromatic nitrogens is 1. The van der Waals surface area contributed by atoms with Gasteiger partial charge in [-0.05, 0) is 30.2 Å². The zero-order valence-corrected chi connectivity index (χ0v) is 10.3. The third-order valence-corrected chi connectivity index (χ3v) is 3.19. The number of aliphatic carboxylic acids is 1. The molecule has 0 aliphatic carbocycles. The number of halogens is 1. The summed E-state index contributed by atoms with van der Waals surface area (Å²) >= 11 is 0. The average molecular weight is 250 g/mol. The Morgan fingerprint density at radius 3 is 2.78 bits per heavy atom. The molecule has 96 valence electrons. The van der Waals surface area contributed by atoms with Crippen LogP contribution < -0.4 is 5.73 Å². The minimum absolute atomic E-state index is 0.0494. The van der Waals surface area contributed by atoms with Gasteiger partial charge in [0.05, 0.1) is 11.4 Å². The van der Waals surface area contributed by atoms with Crippen LogP contribution in [0.3, 0.4) is 0 Å². The Kier molecular flexibility index (Phi) is 3.09. The number of carbonyl (C=O) groups is 1. The summed E-state index contributed by atoms with van der Waals surface area (Å²) in [5.74, 6) is -2.33. The first kappa shape index (κ1) is 12.6. The third-order valence-electron chi connectivity index (χ3n) is 3.19. The van der Waals surface area contributed by atoms with Crippen molar-refractivity contribution in [3.05, 3.63) is 35.3 Å². The molecule has 0 aliphatic rings. The number of rotatable bonds is 3. The molecule has 4 nitrogen and oxygen atoms in total. The topological polar surface area (TPSA) is 68.2 Å². The van der Waals surface area contributed by atoms with E-state index in [2.05, 4.69) is 0 Å². The number of benzene rings is 1. The lowest BCUT2D eigenvalue weighted by Crippen LogP contribution is -2.21. The van der Waals surface area contributed by atoms with Gasteiger partial charge >= 0.3 is 5.97 Å². The highest BCUT2D eigenvalue weighted by Crippen LogP contribution is 2.27. The number of carboxylic acids is 1. The molecule has 0 saturated heterocycles. The van der Waals surface area contributed by atoms with Crippen molar-refractivity contribution in [3.8, 4) is 0 Å². The van der Waals surface area contributed by atoms with E-state index >= 15 is 0 Å². The number of carboxylic acid groups (broad SMARTS) is 1. The Bertz CT molecular complexity index is 619. The van der Waals surface area contributed by atoms with Crippen LogP contribution in [-0.2, 0) is 11.8 Å². The molecule has 0 amide bonds. The van der Waals surface area contributed by atoms with E-state index in [1.807, 2.05) is 13.1 Å². The summed E-state index contributed by atoms with van der Waals surface area (Å²) in [6.07, 6.45) is 1.82. The van der Waals surface area contributed by atoms with E-state index in [1.165, 1.54) is 6.07 Å². The molecule has 0 fully saturated rings. The maximum atomic E-state index is 14.0. The summed E-state index contributed by atoms with van der Waals surface area (Å²) < 4.78 is 15.7. The maximum Gasteiger partial charge on any atom is 0.312 e. The molecule has 0 saturated carbocycles. The van der Waals surface area contributed by atoms with E-state index in [4.69, 9.17) is 10.8 Å². The predicted molar refractivity (Wildman–Crippen MR) is 67.0 cm³/mol. The number of fused-ring (bicyclic) bond motifs is 1. The molecule has 1 aromatic carbocycles. The molecule has 0 spiro atoms. The van der Waals surface area contributed by atoms with Gasteiger partial charge in [-0.3, -0.25) is 4.79 Å². The van der Waals surface area contributed by atoms with E-state index in [1.54, 1.807) is 17.7 Å². The van der Waals surface area contributed by atoms with Crippen LogP contribution in [0.25, 0.3) is 10.9 Å². The zero-order valence-electron chi connectivity index (χ0n) is 10.3. The van der Waals surface area contributed by atoms with Gasteiger partial charge < -0.3 is 15.4 Å². The van der Waals surface area contributed by atoms with E-state index in [0.29, 0.717) is 11.1 Å². The molecule has 3 N–H and O–H groups in total. The molecule has 18 heavy (non-hydrogen) atoms. The number of hydrogen-bond donors (Lipinski definition) is 2. The Hall–Kier alpha value is -1.88. The van der Waals surface area contributed by atoms with Gasteiger partial charge in [-0.2, -0.15) is 0 Å². The number of nitrogens with two attached hydrogens (primary N) is 1. The van der Waals surface area contributed by atoms with Crippen molar-refractivity contribution in [1.29, 1.82) is 0 Å². The van der Waals surface area contributed by atoms with Gasteiger partial charge in [0.2, 0.25) is 0 Å². The predicted octanol–water partition coefficient (Wildman–Crippen LogP) is 1.75. The minimum Gasteiger partial charge on any atom is -0.481 e. The average Bonchev–Trinajstić information content (AvgIpc) is 2.55. The molecule has 1 heterocycles. The molecular weight excluding hydrogens is 235 g/mol. The molecule has 1 atom stereocenters. The van der Waals surface area contributed by atoms with Crippen LogP contribution in [0.4, 0.5) is 4.39 Å². The van der Waals surface area contributed by atoms with Gasteiger partial charge in [-0.15, -0.1) is 0 Å². The molecule has 0 radical (unpaired) electrons. The number of nitrogens with zero attached hydrogens (tertiary/aromatic N) is 1. The first-order valence-corrected chi connectivity index (χ1v) is 5.63. The highest BCUT2D eigenvalue weighted by Gasteiger charge is 2.21. The fraction of sp³-hybridized carbons (Fsp3) is 0.308. The van der Waals surface area contributed by atoms with Crippen LogP contribution in [0, 0.1) is 12.7 Å². The fourth-order valence-corrected chi connectivity index (χ4v) is 2.28. The molecular formula is C13H15FN2O2. The molecule has 0 aliphatic heterocycles. The Labute approximate surface area is 104 Å². The summed E-state index contributed by atoms with van der Waals surface area (Å²) in [7, 11) is 1.76. The van der Waals surface area contributed by atoms with Crippen molar-refractivity contribution in [2.75, 3.05) is 6.54 Å². The molecule has 0 bridgehead atoms. The molecule has 1 unspecified atom stereocenters. The van der Waals surface area contributed by atoms with Gasteiger partial charge in [0.1, 0.15) is 5.82 Å². The van der Waals surface area contributed by atoms with Gasteiger partial charge in [-0.1, -0.05) is 0 Å². The van der Waals surface area contributed by atoms with Crippen LogP contribution in [0.15, 0.2) is 18.3 Å². The highest BCUT2D eigenvalue weighted by atomic mass is 19.1. The summed E-state index contributed by atoms with van der Waals surface area (Å²) in [5.41, 5.74) is 7.24. The highest BCUT2D eigenvalue weighted by molar-refractivity contribution is 5.87. The van der Waals surface area contributed by atoms with Crippen molar-refractivity contribution in [2.45, 2.75) is 12.8 Å². The van der Waals surface area contributed by atoms with Crippen LogP contribution in [0.1, 0.15) is 17.0 Å². The second kappa shape index (κ2) is 4.42. The Morgan fingerprint density at radius 2 is 2.22 bits per heavy atom. The van der Waals surface area contributed by atoms with Crippen molar-refractivity contribution in [3.63, 3.8) is 0 Å². The first-order chi connectivity index (χ1) is 8.45. The summed E-state index contributed by atoms with van der Waals surface area (Å²) in [5, 5.41) is 9.79. The first-order valence-electron chi connectivity index (χ1n) is 5.63. The van der Waals surface area contributed by atoms with E-state index < -0.39 is 17.7 Å². The molecule has 2 aromatic rings. The normalized spacial score (nSPS) is 12.9. The summed E-state index contributed by atoms with van der Waals surface area (Å²) in [6.45, 7) is 1.82. The van der Waals surface area contributed by atoms with Crippen molar-refractivity contribution in [2.24, 2.45) is 12.8 Å². The Balaban J connectivity index is 2.68. The van der Waals surface area contributed by atoms with Crippen molar-refractivity contribution < 1.29 is 14.3 Å². The van der Waals surface area contributed by atoms with E-state index in [9.17, 15) is 9.18 Å². The number of aryl methyl sites for hydroxylation is 2. The van der Waals surface area contributed by atoms with Crippen LogP contribution >= 0.6 is 0 Å². The molecule has 2 rings (SSSR count). The van der Waals surface area contributed by atoms with Gasteiger partial charge in [0.25, 0.3) is 0 Å². The lowest BCUT2D eigenvalue weighted by Gasteiger charge is -2.11. The second-order valence-corrected chi connectivity index (χ2v) is 4.45. The van der Waals surface area contributed by atoms with Crippen LogP contribution in [0.5, 0.6) is 0 Å². The Morgan fingerprint density at radius 1 is 1.56 bits per heavy atom. The summed E-state index contributed by atoms with van der Waals surface area (Å²) in [4.78, 5) is 11.1. The molecule has 1 aromatic heterocycles. The van der Waals surface area contributed by atoms with Gasteiger partial charge in [0.15, 0.2) is 0 Å². The van der Waals surface area contributed by atoms with Crippen LogP contribution in [-0.4, -0.2) is 22.2 Å². The number of hydrogen-bond acceptors (Lipinski definition) is 2. The smallest absolute Gasteiger partial charge is 0.312 e. The third kappa shape index (κ3) is 1.86. The zero-order chi connectivity index (χ0) is 13.4. The largest absolute Gasteiger partial charge is 0.481 e. The fourth-order valence-electron chi connectivity index (χ4n) is 2.28. The molecule has 5 heteroatoms. The van der Waals surface area contributed by atoms with Gasteiger partial charge in [-0.25, -0.2) is 4.39 Å². The monoisotopic (exact) mass is 250 g/mol. The lowest BCUT2D eigenvalue weighted by molar-refractivity contribution is -0.138. The van der Waals surface area contributed by atoms with E-state index in [0.717, 1.165) is 10.9 Å². The SMILES string of the molecule is Cc1cn(C)c2c(F)cc(C(CN)C(=O)O)cc12. The quantitative estimate of drug-likeness (QED) is 0.872. The standard InChI is InChI=1S/C13H15FN2O2/c1-7-6-16(2)12-9(7)3-8(4-11(12)14)10(5-15)13(17)18/h3-4,6,10H,5,15H2,1-2H3,(H,17,18). The van der Waals surface area contributed by atoms with Crippen molar-refractivity contribution >= 4 is 16.9 Å². The van der Waals surface area contributed by atoms with Gasteiger partial charge in [0, 0.05) is 25.2 Å². The summed E-state index contributed by atoms with van der Waals surface area (Å²) in [6, 6.07) is 2.97. The van der Waals surface area contributed by atoms with Crippen molar-refractivity contribution in [1.82, 2.24) is 4.57 Å².